The van der Waals surface area contributed by atoms with Crippen molar-refractivity contribution in [3.05, 3.63) is 69.7 Å². The van der Waals surface area contributed by atoms with Gasteiger partial charge in [0.15, 0.2) is 5.76 Å². The minimum absolute atomic E-state index is 0.0662. The summed E-state index contributed by atoms with van der Waals surface area (Å²) in [5.41, 5.74) is 0.706. The van der Waals surface area contributed by atoms with Crippen molar-refractivity contribution in [1.29, 1.82) is 0 Å². The predicted octanol–water partition coefficient (Wildman–Crippen LogP) is 2.45. The van der Waals surface area contributed by atoms with Crippen LogP contribution in [0.1, 0.15) is 36.3 Å². The SMILES string of the molecule is CCOC(=O)C[C@@H](c1cn[nH]c1-c1ccc(F)cc1)c1oc(CO)cc(=O)c1O. The lowest BCUT2D eigenvalue weighted by atomic mass is 9.90. The highest BCUT2D eigenvalue weighted by Gasteiger charge is 2.30. The van der Waals surface area contributed by atoms with Crippen LogP contribution in [-0.2, 0) is 16.1 Å². The summed E-state index contributed by atoms with van der Waals surface area (Å²) in [6, 6.07) is 6.55. The van der Waals surface area contributed by atoms with Crippen LogP contribution in [0.5, 0.6) is 5.75 Å². The summed E-state index contributed by atoms with van der Waals surface area (Å²) < 4.78 is 23.8. The average Bonchev–Trinajstić information content (AvgIpc) is 3.18. The van der Waals surface area contributed by atoms with Gasteiger partial charge >= 0.3 is 5.97 Å². The van der Waals surface area contributed by atoms with Crippen molar-refractivity contribution in [3.63, 3.8) is 0 Å². The maximum absolute atomic E-state index is 13.3. The standard InChI is InChI=1S/C20H19FN2O6/c1-2-28-17(26)8-14(20-19(27)16(25)7-13(10-24)29-20)15-9-22-23-18(15)11-3-5-12(21)6-4-11/h3-7,9,14,24,27H,2,8,10H2,1H3,(H,22,23)/t14-/m0/s1. The summed E-state index contributed by atoms with van der Waals surface area (Å²) in [6.07, 6.45) is 1.17. The molecule has 2 heterocycles. The van der Waals surface area contributed by atoms with E-state index in [1.807, 2.05) is 0 Å². The molecule has 0 radical (unpaired) electrons. The fourth-order valence-electron chi connectivity index (χ4n) is 3.01. The maximum atomic E-state index is 13.3. The molecule has 9 heteroatoms. The maximum Gasteiger partial charge on any atom is 0.306 e. The number of rotatable bonds is 7. The van der Waals surface area contributed by atoms with E-state index < -0.39 is 35.5 Å². The Hall–Kier alpha value is -3.46. The minimum atomic E-state index is -0.938. The Bertz CT molecular complexity index is 1060. The second-order valence-corrected chi connectivity index (χ2v) is 6.22. The van der Waals surface area contributed by atoms with Crippen molar-refractivity contribution in [2.24, 2.45) is 0 Å². The fourth-order valence-corrected chi connectivity index (χ4v) is 3.01. The van der Waals surface area contributed by atoms with E-state index in [1.54, 1.807) is 6.92 Å². The normalized spacial score (nSPS) is 12.0. The van der Waals surface area contributed by atoms with Gasteiger partial charge in [-0.05, 0) is 31.2 Å². The number of aliphatic hydroxyl groups is 1. The number of esters is 1. The molecule has 0 aliphatic carbocycles. The van der Waals surface area contributed by atoms with Gasteiger partial charge in [0, 0.05) is 17.2 Å². The first kappa shape index (κ1) is 20.3. The van der Waals surface area contributed by atoms with E-state index in [0.29, 0.717) is 16.8 Å². The Kier molecular flexibility index (Phi) is 6.08. The molecule has 3 rings (SSSR count). The molecule has 152 valence electrons. The van der Waals surface area contributed by atoms with Gasteiger partial charge in [0.1, 0.15) is 18.2 Å². The lowest BCUT2D eigenvalue weighted by Crippen LogP contribution is -2.15. The highest BCUT2D eigenvalue weighted by Crippen LogP contribution is 2.37. The molecule has 2 aromatic heterocycles. The van der Waals surface area contributed by atoms with E-state index >= 15 is 0 Å². The Labute approximate surface area is 164 Å². The Balaban J connectivity index is 2.15. The van der Waals surface area contributed by atoms with Gasteiger partial charge in [-0.3, -0.25) is 14.7 Å². The van der Waals surface area contributed by atoms with Gasteiger partial charge in [-0.25, -0.2) is 4.39 Å². The zero-order valence-corrected chi connectivity index (χ0v) is 15.5. The topological polar surface area (TPSA) is 126 Å². The van der Waals surface area contributed by atoms with E-state index in [2.05, 4.69) is 10.2 Å². The first-order valence-electron chi connectivity index (χ1n) is 8.86. The number of H-pyrrole nitrogens is 1. The molecule has 1 aromatic carbocycles. The Morgan fingerprint density at radius 2 is 2.07 bits per heavy atom. The van der Waals surface area contributed by atoms with Crippen LogP contribution in [0, 0.1) is 5.82 Å². The summed E-state index contributed by atoms with van der Waals surface area (Å²) >= 11 is 0. The molecule has 0 fully saturated rings. The summed E-state index contributed by atoms with van der Waals surface area (Å²) in [7, 11) is 0. The third kappa shape index (κ3) is 4.35. The van der Waals surface area contributed by atoms with Crippen molar-refractivity contribution in [2.45, 2.75) is 25.9 Å². The minimum Gasteiger partial charge on any atom is -0.502 e. The summed E-state index contributed by atoms with van der Waals surface area (Å²) in [4.78, 5) is 24.3. The lowest BCUT2D eigenvalue weighted by Gasteiger charge is -2.17. The van der Waals surface area contributed by atoms with Crippen molar-refractivity contribution in [1.82, 2.24) is 10.2 Å². The zero-order chi connectivity index (χ0) is 21.0. The summed E-state index contributed by atoms with van der Waals surface area (Å²) in [5.74, 6) is -2.88. The number of halogens is 1. The average molecular weight is 402 g/mol. The van der Waals surface area contributed by atoms with Crippen molar-refractivity contribution in [3.8, 4) is 17.0 Å². The van der Waals surface area contributed by atoms with E-state index in [-0.39, 0.29) is 24.5 Å². The molecule has 3 N–H and O–H groups in total. The molecule has 0 saturated carbocycles. The van der Waals surface area contributed by atoms with Crippen molar-refractivity contribution < 1.29 is 28.6 Å². The van der Waals surface area contributed by atoms with Crippen LogP contribution < -0.4 is 5.43 Å². The van der Waals surface area contributed by atoms with Gasteiger partial charge in [0.05, 0.1) is 30.8 Å². The quantitative estimate of drug-likeness (QED) is 0.518. The number of aromatic amines is 1. The number of hydrogen-bond acceptors (Lipinski definition) is 7. The number of hydrogen-bond donors (Lipinski definition) is 3. The van der Waals surface area contributed by atoms with Gasteiger partial charge in [-0.2, -0.15) is 5.10 Å². The number of ether oxygens (including phenoxy) is 1. The Morgan fingerprint density at radius 3 is 2.72 bits per heavy atom. The van der Waals surface area contributed by atoms with Crippen LogP contribution in [0.3, 0.4) is 0 Å². The van der Waals surface area contributed by atoms with Crippen LogP contribution in [0.25, 0.3) is 11.3 Å². The molecule has 0 unspecified atom stereocenters. The number of carbonyl (C=O) groups excluding carboxylic acids is 1. The van der Waals surface area contributed by atoms with E-state index in [9.17, 15) is 24.2 Å². The first-order valence-corrected chi connectivity index (χ1v) is 8.86. The van der Waals surface area contributed by atoms with E-state index in [1.165, 1.54) is 30.5 Å². The molecule has 0 saturated heterocycles. The van der Waals surface area contributed by atoms with Gasteiger partial charge in [0.25, 0.3) is 0 Å². The smallest absolute Gasteiger partial charge is 0.306 e. The first-order chi connectivity index (χ1) is 13.9. The summed E-state index contributed by atoms with van der Waals surface area (Å²) in [6.45, 7) is 1.23. The number of aliphatic hydroxyl groups excluding tert-OH is 1. The number of nitrogens with one attached hydrogen (secondary N) is 1. The molecule has 29 heavy (non-hydrogen) atoms. The molecule has 0 spiro atoms. The van der Waals surface area contributed by atoms with Gasteiger partial charge in [-0.1, -0.05) is 0 Å². The second-order valence-electron chi connectivity index (χ2n) is 6.22. The zero-order valence-electron chi connectivity index (χ0n) is 15.5. The molecule has 1 atom stereocenters. The lowest BCUT2D eigenvalue weighted by molar-refractivity contribution is -0.143. The summed E-state index contributed by atoms with van der Waals surface area (Å²) in [5, 5.41) is 26.4. The molecule has 3 aromatic rings. The third-order valence-corrected chi connectivity index (χ3v) is 4.33. The van der Waals surface area contributed by atoms with Gasteiger partial charge in [0.2, 0.25) is 11.2 Å². The molecule has 8 nitrogen and oxygen atoms in total. The number of aromatic hydroxyl groups is 1. The van der Waals surface area contributed by atoms with E-state index in [0.717, 1.165) is 6.07 Å². The molecule has 0 amide bonds. The van der Waals surface area contributed by atoms with Crippen molar-refractivity contribution in [2.75, 3.05) is 6.61 Å². The van der Waals surface area contributed by atoms with E-state index in [4.69, 9.17) is 9.15 Å². The number of benzene rings is 1. The number of aromatic nitrogens is 2. The van der Waals surface area contributed by atoms with Crippen LogP contribution in [0.2, 0.25) is 0 Å². The monoisotopic (exact) mass is 402 g/mol. The molecular weight excluding hydrogens is 383 g/mol. The number of nitrogens with zero attached hydrogens (tertiary/aromatic N) is 1. The van der Waals surface area contributed by atoms with Crippen LogP contribution >= 0.6 is 0 Å². The predicted molar refractivity (Wildman–Crippen MR) is 99.6 cm³/mol. The Morgan fingerprint density at radius 1 is 1.34 bits per heavy atom. The van der Waals surface area contributed by atoms with Crippen LogP contribution in [0.4, 0.5) is 4.39 Å². The van der Waals surface area contributed by atoms with Crippen LogP contribution in [-0.4, -0.2) is 33.0 Å². The number of carbonyl (C=O) groups is 1. The second kappa shape index (κ2) is 8.70. The molecule has 0 aliphatic rings. The fraction of sp³-hybridized carbons (Fsp3) is 0.250. The van der Waals surface area contributed by atoms with Crippen molar-refractivity contribution >= 4 is 5.97 Å². The molecule has 0 bridgehead atoms. The highest BCUT2D eigenvalue weighted by atomic mass is 19.1. The van der Waals surface area contributed by atoms with Gasteiger partial charge in [-0.15, -0.1) is 0 Å². The largest absolute Gasteiger partial charge is 0.502 e. The third-order valence-electron chi connectivity index (χ3n) is 4.33. The van der Waals surface area contributed by atoms with Crippen LogP contribution in [0.15, 0.2) is 45.7 Å². The highest BCUT2D eigenvalue weighted by molar-refractivity contribution is 5.73. The molecular formula is C20H19FN2O6. The molecule has 0 aliphatic heterocycles. The van der Waals surface area contributed by atoms with Gasteiger partial charge < -0.3 is 19.4 Å².